The summed E-state index contributed by atoms with van der Waals surface area (Å²) < 4.78 is 1.79. The minimum Gasteiger partial charge on any atom is -0.343 e. The number of nitrogens with one attached hydrogen (secondary N) is 1. The van der Waals surface area contributed by atoms with E-state index in [0.717, 1.165) is 12.8 Å². The van der Waals surface area contributed by atoms with Crippen LogP contribution in [0.5, 0.6) is 0 Å². The molecule has 1 aliphatic heterocycles. The number of hydrogen-bond acceptors (Lipinski definition) is 5. The third kappa shape index (κ3) is 4.82. The van der Waals surface area contributed by atoms with Gasteiger partial charge in [0.15, 0.2) is 0 Å². The van der Waals surface area contributed by atoms with E-state index in [1.54, 1.807) is 16.7 Å². The predicted molar refractivity (Wildman–Crippen MR) is 130 cm³/mol. The number of amides is 2. The largest absolute Gasteiger partial charge is 0.343 e. The van der Waals surface area contributed by atoms with E-state index >= 15 is 0 Å². The van der Waals surface area contributed by atoms with Crippen molar-refractivity contribution in [3.8, 4) is 0 Å². The van der Waals surface area contributed by atoms with Crippen LogP contribution in [0.15, 0.2) is 47.4 Å². The highest BCUT2D eigenvalue weighted by molar-refractivity contribution is 6.30. The first kappa shape index (κ1) is 22.5. The number of fused-ring (bicyclic) bond motifs is 1. The van der Waals surface area contributed by atoms with Crippen molar-refractivity contribution in [2.24, 2.45) is 5.92 Å². The molecule has 1 saturated carbocycles. The molecule has 176 valence electrons. The molecular weight excluding hydrogens is 454 g/mol. The smallest absolute Gasteiger partial charge is 0.261 e. The molecule has 0 bridgehead atoms. The van der Waals surface area contributed by atoms with Gasteiger partial charge >= 0.3 is 0 Å². The van der Waals surface area contributed by atoms with Crippen LogP contribution in [0.3, 0.4) is 0 Å². The highest BCUT2D eigenvalue weighted by Crippen LogP contribution is 2.35. The topological polar surface area (TPSA) is 97.2 Å². The Morgan fingerprint density at radius 1 is 1.06 bits per heavy atom. The van der Waals surface area contributed by atoms with Gasteiger partial charge in [-0.05, 0) is 49.9 Å². The Balaban J connectivity index is 1.18. The number of piperidine rings is 1. The molecule has 2 aromatic heterocycles. The van der Waals surface area contributed by atoms with Gasteiger partial charge in [-0.3, -0.25) is 19.0 Å². The van der Waals surface area contributed by atoms with E-state index in [2.05, 4.69) is 10.3 Å². The van der Waals surface area contributed by atoms with E-state index in [0.29, 0.717) is 66.3 Å². The number of halogens is 1. The molecule has 3 aromatic rings. The Bertz CT molecular complexity index is 1280. The van der Waals surface area contributed by atoms with Gasteiger partial charge in [0.05, 0.1) is 15.9 Å². The maximum absolute atomic E-state index is 13.0. The molecule has 8 nitrogen and oxygen atoms in total. The zero-order valence-electron chi connectivity index (χ0n) is 18.7. The lowest BCUT2D eigenvalue weighted by molar-refractivity contribution is -0.134. The first-order chi connectivity index (χ1) is 16.5. The second kappa shape index (κ2) is 9.54. The van der Waals surface area contributed by atoms with Gasteiger partial charge in [0.25, 0.3) is 5.56 Å². The quantitative estimate of drug-likeness (QED) is 0.582. The summed E-state index contributed by atoms with van der Waals surface area (Å²) in [6, 6.07) is 10.9. The average Bonchev–Trinajstić information content (AvgIpc) is 3.69. The molecule has 2 amide bonds. The number of hydrogen-bond donors (Lipinski definition) is 1. The first-order valence-electron chi connectivity index (χ1n) is 11.7. The van der Waals surface area contributed by atoms with Crippen molar-refractivity contribution >= 4 is 40.1 Å². The number of nitrogens with zero attached hydrogens (tertiary/aromatic N) is 4. The fraction of sp³-hybridized carbons (Fsp3) is 0.400. The van der Waals surface area contributed by atoms with Crippen LogP contribution < -0.4 is 10.9 Å². The van der Waals surface area contributed by atoms with Crippen molar-refractivity contribution < 1.29 is 9.59 Å². The average molecular weight is 480 g/mol. The molecule has 1 N–H and O–H groups in total. The van der Waals surface area contributed by atoms with Crippen molar-refractivity contribution in [2.75, 3.05) is 18.4 Å². The van der Waals surface area contributed by atoms with Gasteiger partial charge in [0.1, 0.15) is 11.6 Å². The zero-order chi connectivity index (χ0) is 23.7. The molecule has 5 rings (SSSR count). The molecule has 1 aliphatic carbocycles. The Morgan fingerprint density at radius 2 is 1.82 bits per heavy atom. The maximum Gasteiger partial charge on any atom is 0.261 e. The SMILES string of the molecule is O=C(Nc1ccc(Cl)cn1)C1CCN(C(=O)CCc2nc3ccccc3c(=O)n2C2CC2)CC1. The van der Waals surface area contributed by atoms with Crippen molar-refractivity contribution in [1.82, 2.24) is 19.4 Å². The van der Waals surface area contributed by atoms with Crippen LogP contribution in [0.4, 0.5) is 5.82 Å². The van der Waals surface area contributed by atoms with E-state index in [9.17, 15) is 14.4 Å². The van der Waals surface area contributed by atoms with Crippen LogP contribution in [-0.2, 0) is 16.0 Å². The summed E-state index contributed by atoms with van der Waals surface area (Å²) in [5, 5.41) is 3.95. The number of anilines is 1. The van der Waals surface area contributed by atoms with Crippen LogP contribution >= 0.6 is 11.6 Å². The molecular formula is C25H26ClN5O3. The van der Waals surface area contributed by atoms with Crippen molar-refractivity contribution in [1.29, 1.82) is 0 Å². The standard InChI is InChI=1S/C25H26ClN5O3/c26-17-5-8-21(27-15-17)29-24(33)16-11-13-30(14-12-16)23(32)10-9-22-28-20-4-2-1-3-19(20)25(34)31(22)18-6-7-18/h1-5,8,15-16,18H,6-7,9-14H2,(H,27,29,33). The van der Waals surface area contributed by atoms with Gasteiger partial charge < -0.3 is 10.2 Å². The van der Waals surface area contributed by atoms with Crippen LogP contribution in [0.1, 0.15) is 44.0 Å². The van der Waals surface area contributed by atoms with Gasteiger partial charge in [0, 0.05) is 44.1 Å². The van der Waals surface area contributed by atoms with E-state index in [1.165, 1.54) is 6.20 Å². The van der Waals surface area contributed by atoms with Gasteiger partial charge in [-0.15, -0.1) is 0 Å². The van der Waals surface area contributed by atoms with Crippen molar-refractivity contribution in [3.63, 3.8) is 0 Å². The van der Waals surface area contributed by atoms with Crippen molar-refractivity contribution in [2.45, 2.75) is 44.6 Å². The third-order valence-electron chi connectivity index (χ3n) is 6.55. The lowest BCUT2D eigenvalue weighted by Gasteiger charge is -2.31. The second-order valence-corrected chi connectivity index (χ2v) is 9.39. The van der Waals surface area contributed by atoms with E-state index in [4.69, 9.17) is 16.6 Å². The highest BCUT2D eigenvalue weighted by atomic mass is 35.5. The number of para-hydroxylation sites is 1. The van der Waals surface area contributed by atoms with E-state index in [1.807, 2.05) is 29.2 Å². The molecule has 2 fully saturated rings. The molecule has 2 aliphatic rings. The number of pyridine rings is 1. The van der Waals surface area contributed by atoms with E-state index in [-0.39, 0.29) is 29.3 Å². The number of carbonyl (C=O) groups excluding carboxylic acids is 2. The molecule has 0 unspecified atom stereocenters. The Labute approximate surface area is 202 Å². The Hall–Kier alpha value is -3.26. The minimum absolute atomic E-state index is 0.0162. The molecule has 3 heterocycles. The van der Waals surface area contributed by atoms with Gasteiger partial charge in [-0.1, -0.05) is 23.7 Å². The van der Waals surface area contributed by atoms with Crippen LogP contribution in [0, 0.1) is 5.92 Å². The molecule has 1 saturated heterocycles. The summed E-state index contributed by atoms with van der Waals surface area (Å²) in [5.74, 6) is 0.934. The van der Waals surface area contributed by atoms with Gasteiger partial charge in [0.2, 0.25) is 11.8 Å². The predicted octanol–water partition coefficient (Wildman–Crippen LogP) is 3.59. The lowest BCUT2D eigenvalue weighted by atomic mass is 9.95. The molecule has 34 heavy (non-hydrogen) atoms. The fourth-order valence-electron chi connectivity index (χ4n) is 4.52. The van der Waals surface area contributed by atoms with Crippen LogP contribution in [0.2, 0.25) is 5.02 Å². The normalized spacial score (nSPS) is 16.6. The number of likely N-dealkylation sites (tertiary alicyclic amines) is 1. The zero-order valence-corrected chi connectivity index (χ0v) is 19.5. The molecule has 9 heteroatoms. The Morgan fingerprint density at radius 3 is 2.53 bits per heavy atom. The number of aromatic nitrogens is 3. The summed E-state index contributed by atoms with van der Waals surface area (Å²) in [7, 11) is 0. The number of benzene rings is 1. The number of carbonyl (C=O) groups is 2. The van der Waals surface area contributed by atoms with Crippen molar-refractivity contribution in [3.05, 3.63) is 63.8 Å². The highest BCUT2D eigenvalue weighted by Gasteiger charge is 2.30. The summed E-state index contributed by atoms with van der Waals surface area (Å²) in [5.41, 5.74) is 0.659. The van der Waals surface area contributed by atoms with Gasteiger partial charge in [-0.25, -0.2) is 9.97 Å². The number of aryl methyl sites for hydroxylation is 1. The monoisotopic (exact) mass is 479 g/mol. The van der Waals surface area contributed by atoms with Crippen LogP contribution in [-0.4, -0.2) is 44.3 Å². The lowest BCUT2D eigenvalue weighted by Crippen LogP contribution is -2.41. The first-order valence-corrected chi connectivity index (χ1v) is 12.1. The molecule has 1 aromatic carbocycles. The van der Waals surface area contributed by atoms with Crippen LogP contribution in [0.25, 0.3) is 10.9 Å². The summed E-state index contributed by atoms with van der Waals surface area (Å²) in [4.78, 5) is 49.1. The maximum atomic E-state index is 13.0. The van der Waals surface area contributed by atoms with E-state index < -0.39 is 0 Å². The summed E-state index contributed by atoms with van der Waals surface area (Å²) in [6.07, 6.45) is 5.37. The molecule has 0 atom stereocenters. The fourth-order valence-corrected chi connectivity index (χ4v) is 4.64. The number of rotatable bonds is 6. The minimum atomic E-state index is -0.163. The summed E-state index contributed by atoms with van der Waals surface area (Å²) in [6.45, 7) is 1.07. The second-order valence-electron chi connectivity index (χ2n) is 8.96. The molecule has 0 spiro atoms. The third-order valence-corrected chi connectivity index (χ3v) is 6.78. The Kier molecular flexibility index (Phi) is 6.32. The van der Waals surface area contributed by atoms with Gasteiger partial charge in [-0.2, -0.15) is 0 Å². The molecule has 0 radical (unpaired) electrons. The summed E-state index contributed by atoms with van der Waals surface area (Å²) >= 11 is 5.83.